The molecule has 27 heavy (non-hydrogen) atoms. The van der Waals surface area contributed by atoms with E-state index in [0.29, 0.717) is 17.0 Å². The van der Waals surface area contributed by atoms with Gasteiger partial charge in [0.05, 0.1) is 5.52 Å². The largest absolute Gasteiger partial charge is 0.426 e. The SMILES string of the molecule is O=C(/C=C/c1ccccc1)Nc1ccc(-c2nc3ccccc3n2O)cc1. The molecule has 0 spiro atoms. The summed E-state index contributed by atoms with van der Waals surface area (Å²) in [5.41, 5.74) is 3.76. The van der Waals surface area contributed by atoms with Gasteiger partial charge in [0.2, 0.25) is 5.91 Å². The standard InChI is InChI=1S/C22H17N3O2/c26-21(15-10-16-6-2-1-3-7-16)23-18-13-11-17(12-14-18)22-24-19-8-4-5-9-20(19)25(22)27/h1-15,27H,(H,23,26)/b15-10+. The number of carbonyl (C=O) groups is 1. The molecule has 5 nitrogen and oxygen atoms in total. The zero-order valence-corrected chi connectivity index (χ0v) is 14.4. The highest BCUT2D eigenvalue weighted by atomic mass is 16.5. The van der Waals surface area contributed by atoms with E-state index in [1.54, 1.807) is 24.3 Å². The number of amides is 1. The molecule has 1 aromatic heterocycles. The number of nitrogens with zero attached hydrogens (tertiary/aromatic N) is 2. The smallest absolute Gasteiger partial charge is 0.248 e. The summed E-state index contributed by atoms with van der Waals surface area (Å²) in [6, 6.07) is 24.2. The highest BCUT2D eigenvalue weighted by Crippen LogP contribution is 2.24. The van der Waals surface area contributed by atoms with Crippen molar-refractivity contribution in [2.45, 2.75) is 0 Å². The van der Waals surface area contributed by atoms with Gasteiger partial charge in [-0.2, -0.15) is 4.73 Å². The summed E-state index contributed by atoms with van der Waals surface area (Å²) in [6.45, 7) is 0. The van der Waals surface area contributed by atoms with Crippen LogP contribution in [0.15, 0.2) is 84.9 Å². The summed E-state index contributed by atoms with van der Waals surface area (Å²) in [5, 5.41) is 13.1. The highest BCUT2D eigenvalue weighted by molar-refractivity contribution is 6.02. The van der Waals surface area contributed by atoms with Crippen molar-refractivity contribution in [3.05, 3.63) is 90.5 Å². The predicted molar refractivity (Wildman–Crippen MR) is 106 cm³/mol. The minimum Gasteiger partial charge on any atom is -0.426 e. The third kappa shape index (κ3) is 3.57. The molecule has 1 heterocycles. The Morgan fingerprint density at radius 1 is 0.926 bits per heavy atom. The second kappa shape index (κ2) is 7.17. The number of anilines is 1. The zero-order valence-electron chi connectivity index (χ0n) is 14.4. The molecular formula is C22H17N3O2. The molecule has 4 aromatic rings. The minimum atomic E-state index is -0.207. The molecule has 1 amide bonds. The van der Waals surface area contributed by atoms with Crippen LogP contribution in [0.2, 0.25) is 0 Å². The lowest BCUT2D eigenvalue weighted by Crippen LogP contribution is -2.07. The van der Waals surface area contributed by atoms with E-state index in [-0.39, 0.29) is 5.91 Å². The molecule has 0 aliphatic carbocycles. The van der Waals surface area contributed by atoms with Gasteiger partial charge < -0.3 is 10.5 Å². The number of hydrogen-bond donors (Lipinski definition) is 2. The van der Waals surface area contributed by atoms with Crippen LogP contribution in [0.1, 0.15) is 5.56 Å². The quantitative estimate of drug-likeness (QED) is 0.415. The van der Waals surface area contributed by atoms with Crippen molar-refractivity contribution < 1.29 is 10.0 Å². The van der Waals surface area contributed by atoms with Crippen LogP contribution in [-0.4, -0.2) is 20.8 Å². The van der Waals surface area contributed by atoms with Crippen LogP contribution in [-0.2, 0) is 4.79 Å². The number of rotatable bonds is 4. The molecule has 5 heteroatoms. The average Bonchev–Trinajstić information content (AvgIpc) is 3.05. The Hall–Kier alpha value is -3.86. The normalized spacial score (nSPS) is 11.1. The molecule has 0 saturated heterocycles. The molecule has 3 aromatic carbocycles. The van der Waals surface area contributed by atoms with Gasteiger partial charge in [-0.05, 0) is 48.0 Å². The second-order valence-corrected chi connectivity index (χ2v) is 6.05. The summed E-state index contributed by atoms with van der Waals surface area (Å²) in [6.07, 6.45) is 3.26. The monoisotopic (exact) mass is 355 g/mol. The van der Waals surface area contributed by atoms with Crippen molar-refractivity contribution in [3.63, 3.8) is 0 Å². The number of para-hydroxylation sites is 2. The van der Waals surface area contributed by atoms with Gasteiger partial charge in [0.1, 0.15) is 5.52 Å². The van der Waals surface area contributed by atoms with E-state index < -0.39 is 0 Å². The molecule has 2 N–H and O–H groups in total. The number of carbonyl (C=O) groups excluding carboxylic acids is 1. The van der Waals surface area contributed by atoms with Crippen LogP contribution in [0, 0.1) is 0 Å². The minimum absolute atomic E-state index is 0.207. The van der Waals surface area contributed by atoms with Gasteiger partial charge in [0.15, 0.2) is 5.82 Å². The molecule has 0 aliphatic heterocycles. The summed E-state index contributed by atoms with van der Waals surface area (Å²) in [5.74, 6) is 0.249. The molecule has 0 unspecified atom stereocenters. The molecule has 4 rings (SSSR count). The first kappa shape index (κ1) is 16.6. The molecule has 132 valence electrons. The van der Waals surface area contributed by atoms with Crippen molar-refractivity contribution in [2.75, 3.05) is 5.32 Å². The van der Waals surface area contributed by atoms with Crippen molar-refractivity contribution in [1.29, 1.82) is 0 Å². The Morgan fingerprint density at radius 3 is 2.37 bits per heavy atom. The first-order valence-corrected chi connectivity index (χ1v) is 8.52. The predicted octanol–water partition coefficient (Wildman–Crippen LogP) is 4.59. The van der Waals surface area contributed by atoms with Crippen LogP contribution in [0.4, 0.5) is 5.69 Å². The van der Waals surface area contributed by atoms with E-state index in [4.69, 9.17) is 0 Å². The topological polar surface area (TPSA) is 67.2 Å². The molecule has 0 atom stereocenters. The van der Waals surface area contributed by atoms with Crippen LogP contribution >= 0.6 is 0 Å². The van der Waals surface area contributed by atoms with Gasteiger partial charge in [-0.25, -0.2) is 4.98 Å². The Balaban J connectivity index is 1.49. The van der Waals surface area contributed by atoms with Crippen molar-refractivity contribution in [1.82, 2.24) is 9.71 Å². The summed E-state index contributed by atoms with van der Waals surface area (Å²) < 4.78 is 1.07. The Labute approximate surface area is 156 Å². The Morgan fingerprint density at radius 2 is 1.63 bits per heavy atom. The summed E-state index contributed by atoms with van der Waals surface area (Å²) >= 11 is 0. The lowest BCUT2D eigenvalue weighted by atomic mass is 10.2. The van der Waals surface area contributed by atoms with E-state index in [1.807, 2.05) is 60.7 Å². The van der Waals surface area contributed by atoms with E-state index in [9.17, 15) is 10.0 Å². The molecule has 0 radical (unpaired) electrons. The number of nitrogens with one attached hydrogen (secondary N) is 1. The van der Waals surface area contributed by atoms with Crippen molar-refractivity contribution in [3.8, 4) is 11.4 Å². The lowest BCUT2D eigenvalue weighted by Gasteiger charge is -2.05. The fourth-order valence-electron chi connectivity index (χ4n) is 2.82. The molecule has 0 aliphatic rings. The van der Waals surface area contributed by atoms with Crippen LogP contribution in [0.25, 0.3) is 28.5 Å². The van der Waals surface area contributed by atoms with Crippen LogP contribution < -0.4 is 5.32 Å². The molecule has 0 fully saturated rings. The third-order valence-corrected chi connectivity index (χ3v) is 4.17. The molecule has 0 saturated carbocycles. The zero-order chi connectivity index (χ0) is 18.6. The van der Waals surface area contributed by atoms with Gasteiger partial charge in [0.25, 0.3) is 0 Å². The fourth-order valence-corrected chi connectivity index (χ4v) is 2.82. The highest BCUT2D eigenvalue weighted by Gasteiger charge is 2.11. The van der Waals surface area contributed by atoms with Crippen molar-refractivity contribution in [2.24, 2.45) is 0 Å². The number of hydrogen-bond acceptors (Lipinski definition) is 3. The Bertz CT molecular complexity index is 1110. The first-order chi connectivity index (χ1) is 13.2. The summed E-state index contributed by atoms with van der Waals surface area (Å²) in [7, 11) is 0. The summed E-state index contributed by atoms with van der Waals surface area (Å²) in [4.78, 5) is 16.5. The van der Waals surface area contributed by atoms with E-state index in [1.165, 1.54) is 6.08 Å². The number of imidazole rings is 1. The van der Waals surface area contributed by atoms with Gasteiger partial charge in [0, 0.05) is 17.3 Å². The maximum absolute atomic E-state index is 12.1. The average molecular weight is 355 g/mol. The number of benzene rings is 3. The van der Waals surface area contributed by atoms with Gasteiger partial charge >= 0.3 is 0 Å². The second-order valence-electron chi connectivity index (χ2n) is 6.05. The maximum atomic E-state index is 12.1. The molecular weight excluding hydrogens is 338 g/mol. The third-order valence-electron chi connectivity index (χ3n) is 4.17. The van der Waals surface area contributed by atoms with Crippen LogP contribution in [0.5, 0.6) is 0 Å². The Kier molecular flexibility index (Phi) is 4.41. The van der Waals surface area contributed by atoms with E-state index in [2.05, 4.69) is 10.3 Å². The molecule has 0 bridgehead atoms. The first-order valence-electron chi connectivity index (χ1n) is 8.52. The van der Waals surface area contributed by atoms with Gasteiger partial charge in [-0.1, -0.05) is 42.5 Å². The van der Waals surface area contributed by atoms with Gasteiger partial charge in [-0.15, -0.1) is 0 Å². The van der Waals surface area contributed by atoms with E-state index in [0.717, 1.165) is 21.4 Å². The maximum Gasteiger partial charge on any atom is 0.248 e. The van der Waals surface area contributed by atoms with Gasteiger partial charge in [-0.3, -0.25) is 4.79 Å². The van der Waals surface area contributed by atoms with Crippen LogP contribution in [0.3, 0.4) is 0 Å². The lowest BCUT2D eigenvalue weighted by molar-refractivity contribution is -0.111. The number of fused-ring (bicyclic) bond motifs is 1. The number of aromatic nitrogens is 2. The van der Waals surface area contributed by atoms with E-state index >= 15 is 0 Å². The fraction of sp³-hybridized carbons (Fsp3) is 0. The van der Waals surface area contributed by atoms with Crippen molar-refractivity contribution >= 4 is 28.7 Å².